The molecule has 15 heavy (non-hydrogen) atoms. The normalized spacial score (nSPS) is 16.1. The highest BCUT2D eigenvalue weighted by Gasteiger charge is 2.21. The summed E-state index contributed by atoms with van der Waals surface area (Å²) in [5.41, 5.74) is 0. The van der Waals surface area contributed by atoms with Gasteiger partial charge in [0.15, 0.2) is 0 Å². The number of esters is 1. The van der Waals surface area contributed by atoms with E-state index in [1.54, 1.807) is 11.6 Å². The zero-order valence-electron chi connectivity index (χ0n) is 8.93. The van der Waals surface area contributed by atoms with E-state index >= 15 is 0 Å². The summed E-state index contributed by atoms with van der Waals surface area (Å²) in [6, 6.07) is 0. The number of nitrogens with zero attached hydrogens (tertiary/aromatic N) is 4. The van der Waals surface area contributed by atoms with Gasteiger partial charge in [-0.25, -0.2) is 14.5 Å². The van der Waals surface area contributed by atoms with Gasteiger partial charge in [-0.2, -0.15) is 0 Å². The average molecular weight is 210 g/mol. The molecule has 2 rings (SSSR count). The highest BCUT2D eigenvalue weighted by molar-refractivity contribution is 5.84. The maximum atomic E-state index is 11.4. The first-order valence-electron chi connectivity index (χ1n) is 5.00. The number of rotatable bonds is 2. The van der Waals surface area contributed by atoms with E-state index in [0.717, 1.165) is 25.5 Å². The highest BCUT2D eigenvalue weighted by Crippen LogP contribution is 2.08. The van der Waals surface area contributed by atoms with Crippen molar-refractivity contribution in [2.45, 2.75) is 20.0 Å². The van der Waals surface area contributed by atoms with Gasteiger partial charge in [0.1, 0.15) is 5.82 Å². The van der Waals surface area contributed by atoms with Crippen LogP contribution in [0.1, 0.15) is 23.4 Å². The molecule has 0 fully saturated rings. The lowest BCUT2D eigenvalue weighted by atomic mass is 10.4. The van der Waals surface area contributed by atoms with Crippen molar-refractivity contribution < 1.29 is 9.53 Å². The third-order valence-corrected chi connectivity index (χ3v) is 2.31. The quantitative estimate of drug-likeness (QED) is 0.638. The lowest BCUT2D eigenvalue weighted by Gasteiger charge is -2.21. The third-order valence-electron chi connectivity index (χ3n) is 2.31. The lowest BCUT2D eigenvalue weighted by Crippen LogP contribution is -2.30. The van der Waals surface area contributed by atoms with Crippen LogP contribution in [-0.4, -0.2) is 45.8 Å². The molecule has 0 amide bonds. The fourth-order valence-electron chi connectivity index (χ4n) is 1.54. The molecule has 1 aliphatic rings. The van der Waals surface area contributed by atoms with Crippen molar-refractivity contribution in [3.63, 3.8) is 0 Å². The molecular formula is C9H14N4O2. The summed E-state index contributed by atoms with van der Waals surface area (Å²) in [4.78, 5) is 17.7. The number of carbonyl (C=O) groups is 1. The summed E-state index contributed by atoms with van der Waals surface area (Å²) in [5.74, 6) is 0.552. The molecule has 1 aromatic heterocycles. The Morgan fingerprint density at radius 1 is 1.53 bits per heavy atom. The Hall–Kier alpha value is -1.43. The summed E-state index contributed by atoms with van der Waals surface area (Å²) in [6.07, 6.45) is 0. The minimum Gasteiger partial charge on any atom is -0.460 e. The zero-order valence-corrected chi connectivity index (χ0v) is 8.93. The van der Waals surface area contributed by atoms with E-state index in [1.807, 2.05) is 7.05 Å². The number of hydrogen-bond acceptors (Lipinski definition) is 5. The number of aromatic nitrogens is 3. The van der Waals surface area contributed by atoms with E-state index in [9.17, 15) is 4.79 Å². The van der Waals surface area contributed by atoms with Gasteiger partial charge in [0, 0.05) is 6.54 Å². The van der Waals surface area contributed by atoms with Crippen molar-refractivity contribution in [3.8, 4) is 0 Å². The molecule has 0 radical (unpaired) electrons. The van der Waals surface area contributed by atoms with Crippen LogP contribution in [0.2, 0.25) is 0 Å². The summed E-state index contributed by atoms with van der Waals surface area (Å²) in [7, 11) is 2.02. The standard InChI is InChI=1S/C9H14N4O2/c1-3-15-9(14)8-10-7-6-12(2)4-5-13(7)11-8/h3-6H2,1-2H3. The molecule has 6 nitrogen and oxygen atoms in total. The maximum Gasteiger partial charge on any atom is 0.378 e. The van der Waals surface area contributed by atoms with Gasteiger partial charge in [0.05, 0.1) is 19.7 Å². The minimum atomic E-state index is -0.443. The molecule has 0 aromatic carbocycles. The molecule has 0 saturated carbocycles. The van der Waals surface area contributed by atoms with Crippen LogP contribution in [0.5, 0.6) is 0 Å². The maximum absolute atomic E-state index is 11.4. The smallest absolute Gasteiger partial charge is 0.378 e. The van der Waals surface area contributed by atoms with Crippen LogP contribution in [0.15, 0.2) is 0 Å². The SMILES string of the molecule is CCOC(=O)c1nc2n(n1)CCN(C)C2. The average Bonchev–Trinajstić information content (AvgIpc) is 2.60. The van der Waals surface area contributed by atoms with E-state index in [1.165, 1.54) is 0 Å². The van der Waals surface area contributed by atoms with Crippen molar-refractivity contribution in [2.24, 2.45) is 0 Å². The molecule has 0 unspecified atom stereocenters. The molecule has 2 heterocycles. The van der Waals surface area contributed by atoms with Gasteiger partial charge in [0.2, 0.25) is 0 Å². The van der Waals surface area contributed by atoms with Gasteiger partial charge in [-0.1, -0.05) is 0 Å². The predicted octanol–water partition coefficient (Wildman–Crippen LogP) is -0.0998. The van der Waals surface area contributed by atoms with Gasteiger partial charge in [-0.3, -0.25) is 4.90 Å². The number of likely N-dealkylation sites (N-methyl/N-ethyl adjacent to an activating group) is 1. The molecule has 0 N–H and O–H groups in total. The predicted molar refractivity (Wildman–Crippen MR) is 52.3 cm³/mol. The zero-order chi connectivity index (χ0) is 10.8. The van der Waals surface area contributed by atoms with Crippen LogP contribution in [0.3, 0.4) is 0 Å². The highest BCUT2D eigenvalue weighted by atomic mass is 16.5. The summed E-state index contributed by atoms with van der Waals surface area (Å²) in [5, 5.41) is 4.11. The van der Waals surface area contributed by atoms with Crippen LogP contribution in [-0.2, 0) is 17.8 Å². The van der Waals surface area contributed by atoms with Gasteiger partial charge < -0.3 is 4.74 Å². The Balaban J connectivity index is 2.19. The van der Waals surface area contributed by atoms with Gasteiger partial charge in [0.25, 0.3) is 5.82 Å². The summed E-state index contributed by atoms with van der Waals surface area (Å²) < 4.78 is 6.61. The van der Waals surface area contributed by atoms with Crippen molar-refractivity contribution in [2.75, 3.05) is 20.2 Å². The second kappa shape index (κ2) is 3.98. The van der Waals surface area contributed by atoms with Gasteiger partial charge >= 0.3 is 5.97 Å². The van der Waals surface area contributed by atoms with Crippen LogP contribution in [0.4, 0.5) is 0 Å². The van der Waals surface area contributed by atoms with E-state index in [4.69, 9.17) is 4.74 Å². The van der Waals surface area contributed by atoms with Crippen LogP contribution >= 0.6 is 0 Å². The summed E-state index contributed by atoms with van der Waals surface area (Å²) in [6.45, 7) is 4.55. The van der Waals surface area contributed by atoms with Crippen molar-refractivity contribution >= 4 is 5.97 Å². The molecule has 0 aliphatic carbocycles. The minimum absolute atomic E-state index is 0.169. The Kier molecular flexibility index (Phi) is 2.68. The van der Waals surface area contributed by atoms with Crippen molar-refractivity contribution in [1.29, 1.82) is 0 Å². The first-order valence-corrected chi connectivity index (χ1v) is 5.00. The van der Waals surface area contributed by atoms with E-state index in [2.05, 4.69) is 15.0 Å². The fourth-order valence-corrected chi connectivity index (χ4v) is 1.54. The van der Waals surface area contributed by atoms with Crippen molar-refractivity contribution in [3.05, 3.63) is 11.6 Å². The first-order chi connectivity index (χ1) is 7.20. The number of hydrogen-bond donors (Lipinski definition) is 0. The first kappa shape index (κ1) is 10.1. The molecule has 82 valence electrons. The number of fused-ring (bicyclic) bond motifs is 1. The van der Waals surface area contributed by atoms with Crippen LogP contribution in [0.25, 0.3) is 0 Å². The Morgan fingerprint density at radius 3 is 3.07 bits per heavy atom. The molecular weight excluding hydrogens is 196 g/mol. The van der Waals surface area contributed by atoms with Crippen LogP contribution in [0, 0.1) is 0 Å². The molecule has 0 bridgehead atoms. The second-order valence-electron chi connectivity index (χ2n) is 3.53. The Bertz CT molecular complexity index is 374. The molecule has 0 saturated heterocycles. The van der Waals surface area contributed by atoms with Gasteiger partial charge in [-0.15, -0.1) is 5.10 Å². The molecule has 0 atom stereocenters. The van der Waals surface area contributed by atoms with E-state index in [0.29, 0.717) is 6.61 Å². The molecule has 1 aromatic rings. The topological polar surface area (TPSA) is 60.2 Å². The second-order valence-corrected chi connectivity index (χ2v) is 3.53. The lowest BCUT2D eigenvalue weighted by molar-refractivity contribution is 0.0511. The van der Waals surface area contributed by atoms with Crippen molar-refractivity contribution in [1.82, 2.24) is 19.7 Å². The number of carbonyl (C=O) groups excluding carboxylic acids is 1. The summed E-state index contributed by atoms with van der Waals surface area (Å²) >= 11 is 0. The largest absolute Gasteiger partial charge is 0.460 e. The molecule has 1 aliphatic heterocycles. The van der Waals surface area contributed by atoms with Crippen LogP contribution < -0.4 is 0 Å². The fraction of sp³-hybridized carbons (Fsp3) is 0.667. The van der Waals surface area contributed by atoms with E-state index < -0.39 is 5.97 Å². The monoisotopic (exact) mass is 210 g/mol. The number of ether oxygens (including phenoxy) is 1. The van der Waals surface area contributed by atoms with E-state index in [-0.39, 0.29) is 5.82 Å². The Morgan fingerprint density at radius 2 is 2.33 bits per heavy atom. The molecule has 6 heteroatoms. The Labute approximate surface area is 87.8 Å². The molecule has 0 spiro atoms. The third kappa shape index (κ3) is 1.99. The van der Waals surface area contributed by atoms with Gasteiger partial charge in [-0.05, 0) is 14.0 Å².